The van der Waals surface area contributed by atoms with Crippen LogP contribution in [0.3, 0.4) is 0 Å². The van der Waals surface area contributed by atoms with Gasteiger partial charge >= 0.3 is 0 Å². The highest BCUT2D eigenvalue weighted by Gasteiger charge is 2.39. The molecule has 108 valence electrons. The highest BCUT2D eigenvalue weighted by molar-refractivity contribution is 4.94. The van der Waals surface area contributed by atoms with Crippen molar-refractivity contribution in [3.8, 4) is 0 Å². The Bertz CT molecular complexity index is 263. The molecule has 0 spiro atoms. The van der Waals surface area contributed by atoms with Crippen molar-refractivity contribution < 1.29 is 5.11 Å². The van der Waals surface area contributed by atoms with Gasteiger partial charge in [0.1, 0.15) is 0 Å². The summed E-state index contributed by atoms with van der Waals surface area (Å²) in [6.45, 7) is 10.2. The van der Waals surface area contributed by atoms with Gasteiger partial charge in [-0.05, 0) is 52.1 Å². The van der Waals surface area contributed by atoms with Crippen LogP contribution in [0.2, 0.25) is 0 Å². The van der Waals surface area contributed by atoms with Crippen molar-refractivity contribution in [1.29, 1.82) is 0 Å². The van der Waals surface area contributed by atoms with E-state index in [1.165, 1.54) is 19.3 Å². The number of hydrogen-bond donors (Lipinski definition) is 2. The highest BCUT2D eigenvalue weighted by atomic mass is 16.3. The summed E-state index contributed by atoms with van der Waals surface area (Å²) < 4.78 is 0. The maximum absolute atomic E-state index is 9.46. The SMILES string of the molecule is CNC1C(CN(C)C(C)(C)CO)CCCC1(C)C. The Morgan fingerprint density at radius 2 is 2.00 bits per heavy atom. The van der Waals surface area contributed by atoms with Crippen molar-refractivity contribution in [3.05, 3.63) is 0 Å². The van der Waals surface area contributed by atoms with Gasteiger partial charge in [0.25, 0.3) is 0 Å². The number of aliphatic hydroxyl groups is 1. The average molecular weight is 256 g/mol. The Labute approximate surface area is 113 Å². The summed E-state index contributed by atoms with van der Waals surface area (Å²) in [7, 11) is 4.21. The molecular weight excluding hydrogens is 224 g/mol. The van der Waals surface area contributed by atoms with E-state index in [4.69, 9.17) is 0 Å². The van der Waals surface area contributed by atoms with Crippen LogP contribution in [0.4, 0.5) is 0 Å². The molecule has 3 heteroatoms. The lowest BCUT2D eigenvalue weighted by molar-refractivity contribution is 0.0318. The molecule has 1 aliphatic carbocycles. The second-order valence-electron chi connectivity index (χ2n) is 7.26. The van der Waals surface area contributed by atoms with E-state index in [0.29, 0.717) is 17.4 Å². The van der Waals surface area contributed by atoms with Gasteiger partial charge in [-0.25, -0.2) is 0 Å². The summed E-state index contributed by atoms with van der Waals surface area (Å²) in [4.78, 5) is 2.31. The minimum atomic E-state index is -0.125. The van der Waals surface area contributed by atoms with Gasteiger partial charge in [-0.2, -0.15) is 0 Å². The fraction of sp³-hybridized carbons (Fsp3) is 1.00. The standard InChI is InChI=1S/C15H32N2O/c1-14(2)9-7-8-12(13(14)16-5)10-17(6)15(3,4)11-18/h12-13,16,18H,7-11H2,1-6H3. The third-order valence-corrected chi connectivity index (χ3v) is 4.95. The first-order valence-corrected chi connectivity index (χ1v) is 7.24. The fourth-order valence-corrected chi connectivity index (χ4v) is 3.32. The smallest absolute Gasteiger partial charge is 0.0609 e. The van der Waals surface area contributed by atoms with E-state index in [-0.39, 0.29) is 12.1 Å². The van der Waals surface area contributed by atoms with Crippen LogP contribution in [0.1, 0.15) is 47.0 Å². The van der Waals surface area contributed by atoms with E-state index < -0.39 is 0 Å². The van der Waals surface area contributed by atoms with Crippen LogP contribution in [-0.2, 0) is 0 Å². The number of aliphatic hydroxyl groups excluding tert-OH is 1. The zero-order chi connectivity index (χ0) is 14.0. The van der Waals surface area contributed by atoms with Crippen molar-refractivity contribution in [3.63, 3.8) is 0 Å². The summed E-state index contributed by atoms with van der Waals surface area (Å²) in [6.07, 6.45) is 3.92. The lowest BCUT2D eigenvalue weighted by Crippen LogP contribution is -2.54. The predicted molar refractivity (Wildman–Crippen MR) is 77.8 cm³/mol. The molecule has 0 radical (unpaired) electrons. The molecular formula is C15H32N2O. The first-order valence-electron chi connectivity index (χ1n) is 7.24. The molecule has 18 heavy (non-hydrogen) atoms. The van der Waals surface area contributed by atoms with Crippen LogP contribution in [0.5, 0.6) is 0 Å². The normalized spacial score (nSPS) is 28.7. The number of likely N-dealkylation sites (N-methyl/N-ethyl adjacent to an activating group) is 1. The highest BCUT2D eigenvalue weighted by Crippen LogP contribution is 2.39. The Morgan fingerprint density at radius 3 is 2.50 bits per heavy atom. The second-order valence-corrected chi connectivity index (χ2v) is 7.26. The number of hydrogen-bond acceptors (Lipinski definition) is 3. The average Bonchev–Trinajstić information content (AvgIpc) is 2.28. The van der Waals surface area contributed by atoms with Gasteiger partial charge in [0.05, 0.1) is 6.61 Å². The van der Waals surface area contributed by atoms with Crippen molar-refractivity contribution in [2.75, 3.05) is 27.2 Å². The lowest BCUT2D eigenvalue weighted by atomic mass is 9.67. The van der Waals surface area contributed by atoms with Crippen molar-refractivity contribution >= 4 is 0 Å². The molecule has 1 rings (SSSR count). The van der Waals surface area contributed by atoms with Crippen LogP contribution >= 0.6 is 0 Å². The van der Waals surface area contributed by atoms with E-state index in [0.717, 1.165) is 6.54 Å². The van der Waals surface area contributed by atoms with Gasteiger partial charge in [-0.3, -0.25) is 4.90 Å². The number of nitrogens with zero attached hydrogens (tertiary/aromatic N) is 1. The van der Waals surface area contributed by atoms with Gasteiger partial charge in [0.15, 0.2) is 0 Å². The van der Waals surface area contributed by atoms with Crippen LogP contribution in [0.15, 0.2) is 0 Å². The maximum atomic E-state index is 9.46. The van der Waals surface area contributed by atoms with Gasteiger partial charge in [0.2, 0.25) is 0 Å². The first kappa shape index (κ1) is 15.9. The van der Waals surface area contributed by atoms with Gasteiger partial charge in [-0.15, -0.1) is 0 Å². The molecule has 2 atom stereocenters. The molecule has 0 aliphatic heterocycles. The van der Waals surface area contributed by atoms with Crippen molar-refractivity contribution in [1.82, 2.24) is 10.2 Å². The van der Waals surface area contributed by atoms with E-state index >= 15 is 0 Å². The largest absolute Gasteiger partial charge is 0.394 e. The third kappa shape index (κ3) is 3.46. The maximum Gasteiger partial charge on any atom is 0.0609 e. The van der Waals surface area contributed by atoms with Gasteiger partial charge in [0, 0.05) is 18.1 Å². The zero-order valence-electron chi connectivity index (χ0n) is 13.1. The molecule has 0 aromatic carbocycles. The minimum absolute atomic E-state index is 0.125. The predicted octanol–water partition coefficient (Wildman–Crippen LogP) is 2.10. The topological polar surface area (TPSA) is 35.5 Å². The molecule has 0 aromatic rings. The zero-order valence-corrected chi connectivity index (χ0v) is 13.1. The lowest BCUT2D eigenvalue weighted by Gasteiger charge is -2.47. The minimum Gasteiger partial charge on any atom is -0.394 e. The number of nitrogens with one attached hydrogen (secondary N) is 1. The molecule has 0 saturated heterocycles. The second kappa shape index (κ2) is 5.89. The summed E-state index contributed by atoms with van der Waals surface area (Å²) in [5.41, 5.74) is 0.252. The summed E-state index contributed by atoms with van der Waals surface area (Å²) in [5, 5.41) is 13.0. The molecule has 0 bridgehead atoms. The van der Waals surface area contributed by atoms with Crippen molar-refractivity contribution in [2.24, 2.45) is 11.3 Å². The Balaban J connectivity index is 2.70. The van der Waals surface area contributed by atoms with E-state index in [2.05, 4.69) is 52.0 Å². The molecule has 2 N–H and O–H groups in total. The molecule has 3 nitrogen and oxygen atoms in total. The molecule has 0 amide bonds. The van der Waals surface area contributed by atoms with Gasteiger partial charge in [-0.1, -0.05) is 20.3 Å². The quantitative estimate of drug-likeness (QED) is 0.791. The van der Waals surface area contributed by atoms with Gasteiger partial charge < -0.3 is 10.4 Å². The molecule has 1 fully saturated rings. The molecule has 0 heterocycles. The summed E-state index contributed by atoms with van der Waals surface area (Å²) in [5.74, 6) is 0.676. The Kier molecular flexibility index (Phi) is 5.22. The monoisotopic (exact) mass is 256 g/mol. The first-order chi connectivity index (χ1) is 8.24. The summed E-state index contributed by atoms with van der Waals surface area (Å²) in [6, 6.07) is 0.572. The van der Waals surface area contributed by atoms with E-state index in [1.807, 2.05) is 0 Å². The van der Waals surface area contributed by atoms with E-state index in [1.54, 1.807) is 0 Å². The molecule has 1 saturated carbocycles. The van der Waals surface area contributed by atoms with Crippen LogP contribution in [-0.4, -0.2) is 48.8 Å². The van der Waals surface area contributed by atoms with Crippen LogP contribution in [0, 0.1) is 11.3 Å². The summed E-state index contributed by atoms with van der Waals surface area (Å²) >= 11 is 0. The third-order valence-electron chi connectivity index (χ3n) is 4.95. The molecule has 2 unspecified atom stereocenters. The number of rotatable bonds is 5. The Morgan fingerprint density at radius 1 is 1.39 bits per heavy atom. The van der Waals surface area contributed by atoms with Crippen LogP contribution in [0.25, 0.3) is 0 Å². The molecule has 1 aliphatic rings. The Hall–Kier alpha value is -0.120. The van der Waals surface area contributed by atoms with Crippen LogP contribution < -0.4 is 5.32 Å². The van der Waals surface area contributed by atoms with Crippen molar-refractivity contribution in [2.45, 2.75) is 58.5 Å². The molecule has 0 aromatic heterocycles. The van der Waals surface area contributed by atoms with E-state index in [9.17, 15) is 5.11 Å². The fourth-order valence-electron chi connectivity index (χ4n) is 3.32.